The number of carbonyl (C=O) groups excluding carboxylic acids is 1. The van der Waals surface area contributed by atoms with Crippen molar-refractivity contribution in [1.29, 1.82) is 0 Å². The lowest BCUT2D eigenvalue weighted by molar-refractivity contribution is 0.0526. The van der Waals surface area contributed by atoms with Crippen molar-refractivity contribution >= 4 is 21.5 Å². The summed E-state index contributed by atoms with van der Waals surface area (Å²) in [6, 6.07) is 4.33. The number of anilines is 1. The van der Waals surface area contributed by atoms with Gasteiger partial charge in [-0.05, 0) is 43.9 Å². The Morgan fingerprint density at radius 1 is 1.36 bits per heavy atom. The Hall–Kier alpha value is -1.63. The number of carbonyl (C=O) groups is 1. The highest BCUT2D eigenvalue weighted by atomic mass is 32.2. The monoisotopic (exact) mass is 329 g/mol. The van der Waals surface area contributed by atoms with Crippen LogP contribution in [-0.2, 0) is 14.6 Å². The van der Waals surface area contributed by atoms with E-state index in [9.17, 15) is 17.6 Å². The van der Waals surface area contributed by atoms with Crippen LogP contribution in [0, 0.1) is 5.92 Å². The zero-order valence-electron chi connectivity index (χ0n) is 12.6. The smallest absolute Gasteiger partial charge is 0.338 e. The Bertz CT molecular complexity index is 654. The van der Waals surface area contributed by atoms with E-state index in [0.29, 0.717) is 25.1 Å². The van der Waals surface area contributed by atoms with E-state index < -0.39 is 22.0 Å². The second-order valence-electron chi connectivity index (χ2n) is 5.55. The second kappa shape index (κ2) is 6.64. The zero-order valence-corrected chi connectivity index (χ0v) is 13.5. The van der Waals surface area contributed by atoms with E-state index in [1.54, 1.807) is 13.0 Å². The van der Waals surface area contributed by atoms with Crippen molar-refractivity contribution in [2.75, 3.05) is 24.7 Å². The topological polar surface area (TPSA) is 72.5 Å². The molecule has 1 aliphatic rings. The van der Waals surface area contributed by atoms with Crippen LogP contribution in [-0.4, -0.2) is 40.0 Å². The number of alkyl halides is 1. The largest absolute Gasteiger partial charge is 0.462 e. The van der Waals surface area contributed by atoms with Crippen molar-refractivity contribution in [2.24, 2.45) is 5.92 Å². The Kier molecular flexibility index (Phi) is 5.05. The van der Waals surface area contributed by atoms with E-state index in [4.69, 9.17) is 4.74 Å². The van der Waals surface area contributed by atoms with Crippen molar-refractivity contribution in [3.8, 4) is 0 Å². The fraction of sp³-hybridized carbons (Fsp3) is 0.533. The molecule has 1 aliphatic carbocycles. The molecule has 1 saturated carbocycles. The van der Waals surface area contributed by atoms with Gasteiger partial charge in [0, 0.05) is 18.5 Å². The number of ether oxygens (including phenoxy) is 1. The number of benzene rings is 1. The van der Waals surface area contributed by atoms with Gasteiger partial charge in [-0.3, -0.25) is 0 Å². The molecule has 0 aromatic heterocycles. The van der Waals surface area contributed by atoms with Crippen LogP contribution in [0.5, 0.6) is 0 Å². The number of nitrogens with one attached hydrogen (secondary N) is 1. The van der Waals surface area contributed by atoms with Crippen molar-refractivity contribution in [2.45, 2.75) is 30.8 Å². The Morgan fingerprint density at radius 3 is 2.59 bits per heavy atom. The van der Waals surface area contributed by atoms with E-state index in [1.165, 1.54) is 12.1 Å². The van der Waals surface area contributed by atoms with Crippen molar-refractivity contribution in [3.05, 3.63) is 23.8 Å². The highest BCUT2D eigenvalue weighted by Crippen LogP contribution is 2.30. The quantitative estimate of drug-likeness (QED) is 0.812. The molecule has 0 unspecified atom stereocenters. The first kappa shape index (κ1) is 16.7. The summed E-state index contributed by atoms with van der Waals surface area (Å²) >= 11 is 0. The summed E-state index contributed by atoms with van der Waals surface area (Å²) in [5, 5.41) is 3.08. The van der Waals surface area contributed by atoms with Gasteiger partial charge in [0.15, 0.2) is 9.84 Å². The Morgan fingerprint density at radius 2 is 2.05 bits per heavy atom. The van der Waals surface area contributed by atoms with Crippen LogP contribution in [0.2, 0.25) is 0 Å². The van der Waals surface area contributed by atoms with Gasteiger partial charge in [-0.2, -0.15) is 0 Å². The van der Waals surface area contributed by atoms with Crippen molar-refractivity contribution < 1.29 is 22.3 Å². The lowest BCUT2D eigenvalue weighted by Gasteiger charge is -2.30. The summed E-state index contributed by atoms with van der Waals surface area (Å²) in [6.07, 6.45) is 1.39. The maximum atomic E-state index is 12.8. The highest BCUT2D eigenvalue weighted by Gasteiger charge is 2.28. The predicted molar refractivity (Wildman–Crippen MR) is 81.6 cm³/mol. The first-order valence-electron chi connectivity index (χ1n) is 7.19. The van der Waals surface area contributed by atoms with Crippen molar-refractivity contribution in [3.63, 3.8) is 0 Å². The van der Waals surface area contributed by atoms with E-state index in [2.05, 4.69) is 5.32 Å². The number of rotatable bonds is 6. The molecule has 0 saturated heterocycles. The van der Waals surface area contributed by atoms with Gasteiger partial charge in [0.25, 0.3) is 0 Å². The van der Waals surface area contributed by atoms with Gasteiger partial charge in [0.05, 0.1) is 17.1 Å². The molecular formula is C15H20FNO4S. The minimum atomic E-state index is -3.44. The predicted octanol–water partition coefficient (Wildman–Crippen LogP) is 2.43. The minimum absolute atomic E-state index is 0.0533. The molecule has 122 valence electrons. The first-order chi connectivity index (χ1) is 10.3. The third kappa shape index (κ3) is 4.19. The van der Waals surface area contributed by atoms with Crippen molar-refractivity contribution in [1.82, 2.24) is 0 Å². The SMILES string of the molecule is CCOC(=O)c1cc(NCC2CC(F)C2)cc(S(C)(=O)=O)c1. The van der Waals surface area contributed by atoms with Crippen LogP contribution >= 0.6 is 0 Å². The van der Waals surface area contributed by atoms with Gasteiger partial charge in [0.2, 0.25) is 0 Å². The Balaban J connectivity index is 2.20. The molecule has 0 amide bonds. The first-order valence-corrected chi connectivity index (χ1v) is 9.09. The molecule has 1 N–H and O–H groups in total. The summed E-state index contributed by atoms with van der Waals surface area (Å²) in [6.45, 7) is 2.45. The molecule has 0 heterocycles. The van der Waals surface area contributed by atoms with Crippen LogP contribution in [0.25, 0.3) is 0 Å². The van der Waals surface area contributed by atoms with Gasteiger partial charge in [0.1, 0.15) is 6.17 Å². The zero-order chi connectivity index (χ0) is 16.3. The Labute approximate surface area is 129 Å². The van der Waals surface area contributed by atoms with Crippen LogP contribution in [0.1, 0.15) is 30.1 Å². The van der Waals surface area contributed by atoms with Gasteiger partial charge >= 0.3 is 5.97 Å². The van der Waals surface area contributed by atoms with E-state index in [1.807, 2.05) is 0 Å². The summed E-state index contributed by atoms with van der Waals surface area (Å²) in [4.78, 5) is 11.9. The molecule has 1 aromatic rings. The summed E-state index contributed by atoms with van der Waals surface area (Å²) in [5.41, 5.74) is 0.706. The average Bonchev–Trinajstić information content (AvgIpc) is 2.41. The number of sulfone groups is 1. The molecule has 7 heteroatoms. The summed E-state index contributed by atoms with van der Waals surface area (Å²) < 4.78 is 41.2. The maximum Gasteiger partial charge on any atom is 0.338 e. The number of hydrogen-bond acceptors (Lipinski definition) is 5. The number of halogens is 1. The summed E-state index contributed by atoms with van der Waals surface area (Å²) in [7, 11) is -3.44. The van der Waals surface area contributed by atoms with Gasteiger partial charge in [-0.25, -0.2) is 17.6 Å². The molecular weight excluding hydrogens is 309 g/mol. The minimum Gasteiger partial charge on any atom is -0.462 e. The molecule has 0 bridgehead atoms. The third-order valence-electron chi connectivity index (χ3n) is 3.62. The van der Waals surface area contributed by atoms with Gasteiger partial charge in [-0.15, -0.1) is 0 Å². The lowest BCUT2D eigenvalue weighted by Crippen LogP contribution is -2.30. The van der Waals surface area contributed by atoms with Crippen LogP contribution in [0.4, 0.5) is 10.1 Å². The number of esters is 1. The van der Waals surface area contributed by atoms with Crippen LogP contribution in [0.3, 0.4) is 0 Å². The standard InChI is InChI=1S/C15H20FNO4S/c1-3-21-15(18)11-6-13(8-14(7-11)22(2,19)20)17-9-10-4-12(16)5-10/h6-8,10,12,17H,3-5,9H2,1-2H3. The molecule has 22 heavy (non-hydrogen) atoms. The van der Waals surface area contributed by atoms with Gasteiger partial charge in [-0.1, -0.05) is 0 Å². The average molecular weight is 329 g/mol. The fourth-order valence-electron chi connectivity index (χ4n) is 2.33. The van der Waals surface area contributed by atoms with Gasteiger partial charge < -0.3 is 10.1 Å². The normalized spacial score (nSPS) is 21.0. The van der Waals surface area contributed by atoms with Crippen LogP contribution in [0.15, 0.2) is 23.1 Å². The molecule has 2 rings (SSSR count). The highest BCUT2D eigenvalue weighted by molar-refractivity contribution is 7.90. The maximum absolute atomic E-state index is 12.8. The van der Waals surface area contributed by atoms with E-state index >= 15 is 0 Å². The fourth-order valence-corrected chi connectivity index (χ4v) is 3.01. The lowest BCUT2D eigenvalue weighted by atomic mass is 9.83. The molecule has 0 atom stereocenters. The number of hydrogen-bond donors (Lipinski definition) is 1. The molecule has 0 aliphatic heterocycles. The van der Waals surface area contributed by atoms with E-state index in [-0.39, 0.29) is 23.0 Å². The molecule has 0 spiro atoms. The molecule has 0 radical (unpaired) electrons. The second-order valence-corrected chi connectivity index (χ2v) is 7.57. The summed E-state index contributed by atoms with van der Waals surface area (Å²) in [5.74, 6) is -0.327. The molecule has 1 fully saturated rings. The van der Waals surface area contributed by atoms with E-state index in [0.717, 1.165) is 6.26 Å². The van der Waals surface area contributed by atoms with Crippen LogP contribution < -0.4 is 5.32 Å². The third-order valence-corrected chi connectivity index (χ3v) is 4.71. The molecule has 5 nitrogen and oxygen atoms in total. The molecule has 1 aromatic carbocycles.